The van der Waals surface area contributed by atoms with Crippen LogP contribution in [0.4, 0.5) is 4.39 Å². The first-order chi connectivity index (χ1) is 15.9. The lowest BCUT2D eigenvalue weighted by Crippen LogP contribution is -2.29. The number of aliphatic hydroxyl groups excluding tert-OH is 1. The van der Waals surface area contributed by atoms with E-state index >= 15 is 0 Å². The number of halogens is 1. The van der Waals surface area contributed by atoms with Crippen molar-refractivity contribution >= 4 is 17.4 Å². The number of aliphatic hydroxyl groups is 1. The molecular formula is C25H21FN2O5. The largest absolute Gasteiger partial charge is 0.507 e. The Kier molecular flexibility index (Phi) is 6.08. The van der Waals surface area contributed by atoms with E-state index in [0.717, 1.165) is 0 Å². The summed E-state index contributed by atoms with van der Waals surface area (Å²) in [7, 11) is 2.98. The van der Waals surface area contributed by atoms with Crippen LogP contribution < -0.4 is 9.47 Å². The molecule has 1 amide bonds. The number of Topliss-reactive ketones (excluding diaryl/α,β-unsaturated/α-hetero) is 1. The van der Waals surface area contributed by atoms with Crippen molar-refractivity contribution in [3.63, 3.8) is 0 Å². The van der Waals surface area contributed by atoms with Crippen molar-refractivity contribution in [3.05, 3.63) is 95.1 Å². The van der Waals surface area contributed by atoms with Crippen LogP contribution in [0.1, 0.15) is 22.7 Å². The van der Waals surface area contributed by atoms with E-state index in [0.29, 0.717) is 22.6 Å². The highest BCUT2D eigenvalue weighted by Gasteiger charge is 2.47. The molecule has 8 heteroatoms. The lowest BCUT2D eigenvalue weighted by Gasteiger charge is -2.26. The van der Waals surface area contributed by atoms with E-state index in [1.807, 2.05) is 0 Å². The van der Waals surface area contributed by atoms with Gasteiger partial charge in [0.15, 0.2) is 0 Å². The average molecular weight is 448 g/mol. The number of pyridine rings is 1. The van der Waals surface area contributed by atoms with Gasteiger partial charge in [-0.2, -0.15) is 0 Å². The lowest BCUT2D eigenvalue weighted by molar-refractivity contribution is -0.140. The third-order valence-corrected chi connectivity index (χ3v) is 5.47. The number of hydrogen-bond donors (Lipinski definition) is 1. The highest BCUT2D eigenvalue weighted by Crippen LogP contribution is 2.44. The molecule has 7 nitrogen and oxygen atoms in total. The number of rotatable bonds is 6. The van der Waals surface area contributed by atoms with Crippen LogP contribution >= 0.6 is 0 Å². The van der Waals surface area contributed by atoms with Gasteiger partial charge in [-0.25, -0.2) is 4.39 Å². The molecule has 4 rings (SSSR count). The number of nitrogens with zero attached hydrogens (tertiary/aromatic N) is 2. The second-order valence-corrected chi connectivity index (χ2v) is 7.40. The molecule has 1 aromatic heterocycles. The Morgan fingerprint density at radius 1 is 1.09 bits per heavy atom. The molecule has 0 radical (unpaired) electrons. The highest BCUT2D eigenvalue weighted by molar-refractivity contribution is 6.46. The average Bonchev–Trinajstić information content (AvgIpc) is 3.09. The van der Waals surface area contributed by atoms with Gasteiger partial charge in [0.1, 0.15) is 23.1 Å². The van der Waals surface area contributed by atoms with E-state index in [1.54, 1.807) is 42.7 Å². The van der Waals surface area contributed by atoms with Crippen molar-refractivity contribution in [2.24, 2.45) is 0 Å². The van der Waals surface area contributed by atoms with E-state index in [2.05, 4.69) is 4.98 Å². The predicted molar refractivity (Wildman–Crippen MR) is 118 cm³/mol. The van der Waals surface area contributed by atoms with Crippen LogP contribution in [0, 0.1) is 5.82 Å². The fraction of sp³-hybridized carbons (Fsp3) is 0.160. The Bertz CT molecular complexity index is 1230. The molecule has 2 heterocycles. The maximum absolute atomic E-state index is 13.4. The molecule has 1 aliphatic heterocycles. The maximum Gasteiger partial charge on any atom is 0.295 e. The number of hydrogen-bond acceptors (Lipinski definition) is 6. The van der Waals surface area contributed by atoms with E-state index in [4.69, 9.17) is 9.47 Å². The number of ketones is 1. The SMILES string of the molecule is COc1ccc(C2/C(=C(\O)c3ccc(F)cc3)C(=O)C(=O)N2Cc2cccnc2)c(OC)c1. The molecule has 33 heavy (non-hydrogen) atoms. The molecular weight excluding hydrogens is 427 g/mol. The number of amides is 1. The Hall–Kier alpha value is -4.20. The second kappa shape index (κ2) is 9.12. The predicted octanol–water partition coefficient (Wildman–Crippen LogP) is 3.86. The van der Waals surface area contributed by atoms with Gasteiger partial charge in [0.25, 0.3) is 11.7 Å². The molecule has 1 atom stereocenters. The first-order valence-corrected chi connectivity index (χ1v) is 10.1. The molecule has 2 aromatic carbocycles. The lowest BCUT2D eigenvalue weighted by atomic mass is 9.94. The molecule has 1 saturated heterocycles. The van der Waals surface area contributed by atoms with E-state index in [-0.39, 0.29) is 17.7 Å². The minimum absolute atomic E-state index is 0.0818. The van der Waals surface area contributed by atoms with Crippen LogP contribution in [-0.2, 0) is 16.1 Å². The summed E-state index contributed by atoms with van der Waals surface area (Å²) >= 11 is 0. The number of aromatic nitrogens is 1. The second-order valence-electron chi connectivity index (χ2n) is 7.40. The van der Waals surface area contributed by atoms with Crippen molar-refractivity contribution in [1.82, 2.24) is 9.88 Å². The van der Waals surface area contributed by atoms with Crippen molar-refractivity contribution in [3.8, 4) is 11.5 Å². The number of carbonyl (C=O) groups is 2. The zero-order chi connectivity index (χ0) is 23.5. The standard InChI is InChI=1S/C25H21FN2O5/c1-32-18-9-10-19(20(12-18)33-2)22-21(23(29)16-5-7-17(26)8-6-16)24(30)25(31)28(22)14-15-4-3-11-27-13-15/h3-13,22,29H,14H2,1-2H3/b23-21+. The number of carbonyl (C=O) groups excluding carboxylic acids is 2. The van der Waals surface area contributed by atoms with Gasteiger partial charge in [-0.3, -0.25) is 14.6 Å². The Balaban J connectivity index is 1.91. The molecule has 3 aromatic rings. The van der Waals surface area contributed by atoms with Gasteiger partial charge in [-0.1, -0.05) is 6.07 Å². The fourth-order valence-corrected chi connectivity index (χ4v) is 3.86. The van der Waals surface area contributed by atoms with Gasteiger partial charge in [-0.15, -0.1) is 0 Å². The van der Waals surface area contributed by atoms with Gasteiger partial charge in [0, 0.05) is 36.1 Å². The van der Waals surface area contributed by atoms with E-state index in [9.17, 15) is 19.1 Å². The van der Waals surface area contributed by atoms with Crippen LogP contribution in [0.3, 0.4) is 0 Å². The third kappa shape index (κ3) is 4.15. The zero-order valence-corrected chi connectivity index (χ0v) is 18.0. The summed E-state index contributed by atoms with van der Waals surface area (Å²) in [5, 5.41) is 11.1. The number of methoxy groups -OCH3 is 2. The molecule has 0 bridgehead atoms. The smallest absolute Gasteiger partial charge is 0.295 e. The number of likely N-dealkylation sites (tertiary alicyclic amines) is 1. The molecule has 1 unspecified atom stereocenters. The normalized spacial score (nSPS) is 17.3. The third-order valence-electron chi connectivity index (χ3n) is 5.47. The van der Waals surface area contributed by atoms with Gasteiger partial charge in [0.2, 0.25) is 0 Å². The minimum atomic E-state index is -0.948. The van der Waals surface area contributed by atoms with Crippen molar-refractivity contribution < 1.29 is 28.6 Å². The topological polar surface area (TPSA) is 89.0 Å². The molecule has 1 N–H and O–H groups in total. The highest BCUT2D eigenvalue weighted by atomic mass is 19.1. The Morgan fingerprint density at radius 3 is 2.48 bits per heavy atom. The summed E-state index contributed by atoms with van der Waals surface area (Å²) in [6.45, 7) is 0.0818. The summed E-state index contributed by atoms with van der Waals surface area (Å²) < 4.78 is 24.2. The Morgan fingerprint density at radius 2 is 1.85 bits per heavy atom. The summed E-state index contributed by atoms with van der Waals surface area (Å²) in [4.78, 5) is 31.7. The van der Waals surface area contributed by atoms with E-state index in [1.165, 1.54) is 43.4 Å². The number of ether oxygens (including phenoxy) is 2. The van der Waals surface area contributed by atoms with Gasteiger partial charge >= 0.3 is 0 Å². The summed E-state index contributed by atoms with van der Waals surface area (Å²) in [5.74, 6) is -1.60. The summed E-state index contributed by atoms with van der Waals surface area (Å²) in [6, 6.07) is 12.6. The molecule has 0 spiro atoms. The van der Waals surface area contributed by atoms with Crippen LogP contribution in [0.15, 0.2) is 72.6 Å². The van der Waals surface area contributed by atoms with Gasteiger partial charge < -0.3 is 19.5 Å². The molecule has 1 fully saturated rings. The van der Waals surface area contributed by atoms with Crippen LogP contribution in [0.25, 0.3) is 5.76 Å². The first kappa shape index (κ1) is 22.0. The van der Waals surface area contributed by atoms with Crippen LogP contribution in [0.2, 0.25) is 0 Å². The molecule has 0 aliphatic carbocycles. The molecule has 168 valence electrons. The summed E-state index contributed by atoms with van der Waals surface area (Å²) in [6.07, 6.45) is 3.21. The molecule has 0 saturated carbocycles. The van der Waals surface area contributed by atoms with Crippen molar-refractivity contribution in [2.45, 2.75) is 12.6 Å². The van der Waals surface area contributed by atoms with E-state index < -0.39 is 29.3 Å². The van der Waals surface area contributed by atoms with Crippen LogP contribution in [-0.4, -0.2) is 40.9 Å². The van der Waals surface area contributed by atoms with Crippen molar-refractivity contribution in [2.75, 3.05) is 14.2 Å². The fourth-order valence-electron chi connectivity index (χ4n) is 3.86. The quantitative estimate of drug-likeness (QED) is 0.350. The van der Waals surface area contributed by atoms with Crippen LogP contribution in [0.5, 0.6) is 11.5 Å². The summed E-state index contributed by atoms with van der Waals surface area (Å²) in [5.41, 5.74) is 1.30. The Labute approximate surface area is 189 Å². The minimum Gasteiger partial charge on any atom is -0.507 e. The monoisotopic (exact) mass is 448 g/mol. The number of benzene rings is 2. The zero-order valence-electron chi connectivity index (χ0n) is 18.0. The molecule has 1 aliphatic rings. The van der Waals surface area contributed by atoms with Crippen molar-refractivity contribution in [1.29, 1.82) is 0 Å². The van der Waals surface area contributed by atoms with Gasteiger partial charge in [-0.05, 0) is 48.0 Å². The van der Waals surface area contributed by atoms with Gasteiger partial charge in [0.05, 0.1) is 25.8 Å². The maximum atomic E-state index is 13.4. The first-order valence-electron chi connectivity index (χ1n) is 10.1.